The molecule has 5 nitrogen and oxygen atoms in total. The van der Waals surface area contributed by atoms with Crippen LogP contribution in [0.25, 0.3) is 16.9 Å². The maximum absolute atomic E-state index is 13.5. The van der Waals surface area contributed by atoms with Crippen LogP contribution < -0.4 is 5.32 Å². The summed E-state index contributed by atoms with van der Waals surface area (Å²) in [7, 11) is 1.61. The number of imidazole rings is 1. The Balaban J connectivity index is 2.10. The number of methoxy groups -OCH3 is 1. The highest BCUT2D eigenvalue weighted by Crippen LogP contribution is 2.29. The lowest BCUT2D eigenvalue weighted by Crippen LogP contribution is -2.10. The molecule has 0 saturated heterocycles. The zero-order chi connectivity index (χ0) is 15.5. The topological polar surface area (TPSA) is 51.5 Å². The van der Waals surface area contributed by atoms with E-state index in [0.717, 1.165) is 12.1 Å². The molecule has 1 N–H and O–H groups in total. The maximum atomic E-state index is 13.5. The van der Waals surface area contributed by atoms with E-state index in [-0.39, 0.29) is 0 Å². The quantitative estimate of drug-likeness (QED) is 0.736. The first-order valence-electron chi connectivity index (χ1n) is 6.71. The van der Waals surface area contributed by atoms with Crippen LogP contribution in [0.4, 0.5) is 14.6 Å². The number of fused-ring (bicyclic) bond motifs is 1. The van der Waals surface area contributed by atoms with E-state index < -0.39 is 11.6 Å². The largest absolute Gasteiger partial charge is 0.383 e. The molecule has 1 aromatic carbocycles. The highest BCUT2D eigenvalue weighted by molar-refractivity contribution is 5.76. The average molecular weight is 304 g/mol. The second-order valence-corrected chi connectivity index (χ2v) is 4.66. The minimum absolute atomic E-state index is 0.488. The highest BCUT2D eigenvalue weighted by atomic mass is 19.2. The fourth-order valence-electron chi connectivity index (χ4n) is 2.19. The van der Waals surface area contributed by atoms with Crippen molar-refractivity contribution in [3.8, 4) is 11.3 Å². The normalized spacial score (nSPS) is 11.0. The fraction of sp³-hybridized carbons (Fsp3) is 0.200. The summed E-state index contributed by atoms with van der Waals surface area (Å²) < 4.78 is 33.4. The number of ether oxygens (including phenoxy) is 1. The van der Waals surface area contributed by atoms with Crippen LogP contribution in [-0.4, -0.2) is 34.6 Å². The first-order valence-corrected chi connectivity index (χ1v) is 6.71. The molecule has 0 saturated carbocycles. The van der Waals surface area contributed by atoms with Gasteiger partial charge in [-0.3, -0.25) is 9.38 Å². The van der Waals surface area contributed by atoms with Crippen LogP contribution in [0.3, 0.4) is 0 Å². The molecule has 3 rings (SSSR count). The molecule has 0 amide bonds. The molecule has 0 aliphatic heterocycles. The Morgan fingerprint density at radius 3 is 2.91 bits per heavy atom. The smallest absolute Gasteiger partial charge is 0.159 e. The summed E-state index contributed by atoms with van der Waals surface area (Å²) in [6.45, 7) is 1.07. The Kier molecular flexibility index (Phi) is 3.97. The van der Waals surface area contributed by atoms with Gasteiger partial charge in [-0.2, -0.15) is 0 Å². The van der Waals surface area contributed by atoms with Crippen LogP contribution in [0.1, 0.15) is 0 Å². The van der Waals surface area contributed by atoms with Gasteiger partial charge in [0.15, 0.2) is 17.3 Å². The monoisotopic (exact) mass is 304 g/mol. The van der Waals surface area contributed by atoms with Gasteiger partial charge in [0.2, 0.25) is 0 Å². The molecule has 0 bridgehead atoms. The van der Waals surface area contributed by atoms with Crippen molar-refractivity contribution >= 4 is 11.5 Å². The fourth-order valence-corrected chi connectivity index (χ4v) is 2.19. The number of hydrogen-bond donors (Lipinski definition) is 1. The summed E-state index contributed by atoms with van der Waals surface area (Å²) in [6, 6.07) is 3.72. The van der Waals surface area contributed by atoms with E-state index in [2.05, 4.69) is 15.3 Å². The van der Waals surface area contributed by atoms with Crippen molar-refractivity contribution in [1.29, 1.82) is 0 Å². The van der Waals surface area contributed by atoms with Crippen LogP contribution in [0.15, 0.2) is 36.8 Å². The van der Waals surface area contributed by atoms with E-state index in [9.17, 15) is 8.78 Å². The first kappa shape index (κ1) is 14.4. The van der Waals surface area contributed by atoms with E-state index in [0.29, 0.717) is 35.9 Å². The molecular formula is C15H14F2N4O. The van der Waals surface area contributed by atoms with E-state index in [1.807, 2.05) is 0 Å². The van der Waals surface area contributed by atoms with E-state index >= 15 is 0 Å². The Bertz CT molecular complexity index is 803. The van der Waals surface area contributed by atoms with Crippen molar-refractivity contribution in [1.82, 2.24) is 14.4 Å². The first-order chi connectivity index (χ1) is 10.7. The second kappa shape index (κ2) is 6.07. The summed E-state index contributed by atoms with van der Waals surface area (Å²) in [5.41, 5.74) is 1.63. The van der Waals surface area contributed by atoms with E-state index in [1.165, 1.54) is 6.07 Å². The van der Waals surface area contributed by atoms with Crippen LogP contribution in [-0.2, 0) is 4.74 Å². The van der Waals surface area contributed by atoms with Crippen molar-refractivity contribution in [2.45, 2.75) is 0 Å². The van der Waals surface area contributed by atoms with Crippen LogP contribution in [0.5, 0.6) is 0 Å². The van der Waals surface area contributed by atoms with Gasteiger partial charge in [0.1, 0.15) is 11.5 Å². The third-order valence-corrected chi connectivity index (χ3v) is 3.22. The number of aromatic nitrogens is 3. The van der Waals surface area contributed by atoms with Crippen molar-refractivity contribution in [2.75, 3.05) is 25.6 Å². The standard InChI is InChI=1S/C15H14F2N4O/c1-22-7-5-19-15-14(10-2-3-11(16)12(17)8-10)20-13-9-18-4-6-21(13)15/h2-4,6,8-9,19H,5,7H2,1H3. The average Bonchev–Trinajstić information content (AvgIpc) is 2.89. The van der Waals surface area contributed by atoms with Gasteiger partial charge >= 0.3 is 0 Å². The number of hydrogen-bond acceptors (Lipinski definition) is 4. The maximum Gasteiger partial charge on any atom is 0.159 e. The van der Waals surface area contributed by atoms with E-state index in [4.69, 9.17) is 4.74 Å². The van der Waals surface area contributed by atoms with E-state index in [1.54, 1.807) is 30.1 Å². The predicted octanol–water partition coefficient (Wildman–Crippen LogP) is 2.73. The minimum atomic E-state index is -0.907. The molecule has 0 aliphatic carbocycles. The highest BCUT2D eigenvalue weighted by Gasteiger charge is 2.15. The molecule has 0 spiro atoms. The predicted molar refractivity (Wildman–Crippen MR) is 78.7 cm³/mol. The van der Waals surface area contributed by atoms with Crippen LogP contribution in [0.2, 0.25) is 0 Å². The molecule has 0 unspecified atom stereocenters. The zero-order valence-corrected chi connectivity index (χ0v) is 11.9. The molecule has 0 radical (unpaired) electrons. The molecule has 2 heterocycles. The van der Waals surface area contributed by atoms with Crippen LogP contribution in [0, 0.1) is 11.6 Å². The Hall–Kier alpha value is -2.54. The lowest BCUT2D eigenvalue weighted by Gasteiger charge is -2.08. The third kappa shape index (κ3) is 2.62. The van der Waals surface area contributed by atoms with Crippen molar-refractivity contribution in [3.05, 3.63) is 48.4 Å². The Labute approximate surface area is 125 Å². The number of benzene rings is 1. The lowest BCUT2D eigenvalue weighted by molar-refractivity contribution is 0.210. The van der Waals surface area contributed by atoms with Gasteiger partial charge in [0.25, 0.3) is 0 Å². The summed E-state index contributed by atoms with van der Waals surface area (Å²) in [6.07, 6.45) is 4.98. The number of halogens is 2. The molecule has 22 heavy (non-hydrogen) atoms. The Morgan fingerprint density at radius 2 is 2.14 bits per heavy atom. The summed E-state index contributed by atoms with van der Waals surface area (Å²) >= 11 is 0. The molecule has 114 valence electrons. The summed E-state index contributed by atoms with van der Waals surface area (Å²) in [5.74, 6) is -1.11. The van der Waals surface area contributed by atoms with Gasteiger partial charge in [-0.05, 0) is 18.2 Å². The van der Waals surface area contributed by atoms with Gasteiger partial charge in [-0.15, -0.1) is 0 Å². The summed E-state index contributed by atoms with van der Waals surface area (Å²) in [5, 5.41) is 3.20. The van der Waals surface area contributed by atoms with Crippen molar-refractivity contribution < 1.29 is 13.5 Å². The van der Waals surface area contributed by atoms with Gasteiger partial charge in [0.05, 0.1) is 12.8 Å². The number of nitrogens with zero attached hydrogens (tertiary/aromatic N) is 3. The minimum Gasteiger partial charge on any atom is -0.383 e. The van der Waals surface area contributed by atoms with Crippen molar-refractivity contribution in [2.24, 2.45) is 0 Å². The molecule has 0 atom stereocenters. The molecule has 2 aromatic heterocycles. The molecule has 3 aromatic rings. The molecular weight excluding hydrogens is 290 g/mol. The van der Waals surface area contributed by atoms with Crippen molar-refractivity contribution in [3.63, 3.8) is 0 Å². The Morgan fingerprint density at radius 1 is 1.27 bits per heavy atom. The molecule has 0 fully saturated rings. The van der Waals surface area contributed by atoms with Gasteiger partial charge in [0, 0.05) is 31.6 Å². The van der Waals surface area contributed by atoms with Gasteiger partial charge in [-0.25, -0.2) is 13.8 Å². The molecule has 0 aliphatic rings. The third-order valence-electron chi connectivity index (χ3n) is 3.22. The zero-order valence-electron chi connectivity index (χ0n) is 11.9. The SMILES string of the molecule is COCCNc1c(-c2ccc(F)c(F)c2)nc2cnccn12. The number of anilines is 1. The van der Waals surface area contributed by atoms with Gasteiger partial charge in [-0.1, -0.05) is 0 Å². The lowest BCUT2D eigenvalue weighted by atomic mass is 10.1. The van der Waals surface area contributed by atoms with Gasteiger partial charge < -0.3 is 10.1 Å². The number of rotatable bonds is 5. The molecule has 7 heteroatoms. The van der Waals surface area contributed by atoms with Crippen LogP contribution >= 0.6 is 0 Å². The summed E-state index contributed by atoms with van der Waals surface area (Å²) in [4.78, 5) is 8.46. The second-order valence-electron chi connectivity index (χ2n) is 4.66. The number of nitrogens with one attached hydrogen (secondary N) is 1.